The maximum Gasteiger partial charge on any atom is 0.306 e. The second-order valence-corrected chi connectivity index (χ2v) is 17.9. The van der Waals surface area contributed by atoms with Crippen LogP contribution in [0.2, 0.25) is 0 Å². The number of carbonyl (C=O) groups is 2. The van der Waals surface area contributed by atoms with E-state index in [9.17, 15) is 37.9 Å². The zero-order valence-electron chi connectivity index (χ0n) is 37.3. The summed E-state index contributed by atoms with van der Waals surface area (Å²) < 4.78 is 54.1. The topological polar surface area (TPSA) is 186 Å². The van der Waals surface area contributed by atoms with Gasteiger partial charge in [0.1, 0.15) is 36.8 Å². The molecule has 1 rings (SSSR count). The molecule has 4 N–H and O–H groups in total. The summed E-state index contributed by atoms with van der Waals surface area (Å²) in [5, 5.41) is 30.9. The Labute approximate surface area is 363 Å². The minimum Gasteiger partial charge on any atom is -0.462 e. The minimum atomic E-state index is -4.60. The number of unbranched alkanes of at least 4 members (excludes halogenated alkanes) is 21. The fourth-order valence-corrected chi connectivity index (χ4v) is 7.69. The highest BCUT2D eigenvalue weighted by atomic mass is 32.2. The number of esters is 2. The van der Waals surface area contributed by atoms with E-state index >= 15 is 0 Å². The third-order valence-corrected chi connectivity index (χ3v) is 11.4. The summed E-state index contributed by atoms with van der Waals surface area (Å²) >= 11 is 0. The largest absolute Gasteiger partial charge is 0.462 e. The van der Waals surface area contributed by atoms with Gasteiger partial charge in [-0.05, 0) is 70.6 Å². The molecule has 60 heavy (non-hydrogen) atoms. The van der Waals surface area contributed by atoms with Crippen molar-refractivity contribution in [1.29, 1.82) is 0 Å². The van der Waals surface area contributed by atoms with Crippen LogP contribution < -0.4 is 0 Å². The van der Waals surface area contributed by atoms with E-state index in [1.807, 2.05) is 0 Å². The number of rotatable bonds is 39. The van der Waals surface area contributed by atoms with Crippen LogP contribution in [0.4, 0.5) is 0 Å². The van der Waals surface area contributed by atoms with Crippen molar-refractivity contribution in [3.63, 3.8) is 0 Å². The van der Waals surface area contributed by atoms with E-state index in [0.717, 1.165) is 70.6 Å². The maximum atomic E-state index is 12.8. The summed E-state index contributed by atoms with van der Waals surface area (Å²) in [4.78, 5) is 25.4. The van der Waals surface area contributed by atoms with Gasteiger partial charge < -0.3 is 34.3 Å². The molecule has 1 aliphatic heterocycles. The van der Waals surface area contributed by atoms with Crippen LogP contribution in [0.25, 0.3) is 0 Å². The lowest BCUT2D eigenvalue weighted by atomic mass is 10.00. The zero-order valence-corrected chi connectivity index (χ0v) is 38.1. The van der Waals surface area contributed by atoms with Crippen molar-refractivity contribution in [1.82, 2.24) is 0 Å². The number of aliphatic hydroxyl groups is 3. The van der Waals surface area contributed by atoms with E-state index in [1.165, 1.54) is 83.5 Å². The normalized spacial score (nSPS) is 20.4. The van der Waals surface area contributed by atoms with Crippen LogP contribution in [0.3, 0.4) is 0 Å². The molecule has 1 aliphatic rings. The third kappa shape index (κ3) is 31.7. The van der Waals surface area contributed by atoms with Gasteiger partial charge in [0, 0.05) is 12.8 Å². The Morgan fingerprint density at radius 2 is 1.00 bits per heavy atom. The molecule has 2 unspecified atom stereocenters. The van der Waals surface area contributed by atoms with Gasteiger partial charge in [-0.25, -0.2) is 0 Å². The Morgan fingerprint density at radius 1 is 0.567 bits per heavy atom. The van der Waals surface area contributed by atoms with Gasteiger partial charge in [-0.3, -0.25) is 14.1 Å². The average Bonchev–Trinajstić information content (AvgIpc) is 3.21. The molecule has 0 aromatic carbocycles. The fourth-order valence-electron chi connectivity index (χ4n) is 7.00. The molecule has 0 saturated carbocycles. The quantitative estimate of drug-likeness (QED) is 0.0199. The molecule has 0 spiro atoms. The predicted molar refractivity (Wildman–Crippen MR) is 238 cm³/mol. The van der Waals surface area contributed by atoms with Crippen LogP contribution in [0.1, 0.15) is 194 Å². The molecule has 0 radical (unpaired) electrons. The molecule has 13 heteroatoms. The molecule has 0 aromatic heterocycles. The number of allylic oxidation sites excluding steroid dienone is 6. The molecule has 0 bridgehead atoms. The fraction of sp³-hybridized carbons (Fsp3) is 0.830. The molecular weight excluding hydrogens is 789 g/mol. The van der Waals surface area contributed by atoms with Gasteiger partial charge in [0.05, 0.1) is 6.61 Å². The molecule has 0 amide bonds. The summed E-state index contributed by atoms with van der Waals surface area (Å²) in [6.45, 7) is 3.71. The third-order valence-electron chi connectivity index (χ3n) is 10.7. The Kier molecular flexibility index (Phi) is 34.9. The SMILES string of the molecule is CCCCC/C=C/C/C=C/CCCCCCCC(=O)OC[C@H](CO[C@H]1O[C@H](CS(=O)(=O)O)[C@@H](O)C(O)C1O)OC(=O)CCCCCCCCCCC/C=C/CCCCCC. The first-order valence-electron chi connectivity index (χ1n) is 23.5. The maximum absolute atomic E-state index is 12.8. The van der Waals surface area contributed by atoms with E-state index in [4.69, 9.17) is 18.9 Å². The van der Waals surface area contributed by atoms with Gasteiger partial charge in [-0.15, -0.1) is 0 Å². The van der Waals surface area contributed by atoms with Crippen molar-refractivity contribution < 1.29 is 56.8 Å². The highest BCUT2D eigenvalue weighted by molar-refractivity contribution is 7.85. The van der Waals surface area contributed by atoms with Crippen molar-refractivity contribution in [3.05, 3.63) is 36.5 Å². The lowest BCUT2D eigenvalue weighted by Crippen LogP contribution is -2.60. The van der Waals surface area contributed by atoms with Crippen LogP contribution in [-0.4, -0.2) is 96.0 Å². The first kappa shape index (κ1) is 55.9. The minimum absolute atomic E-state index is 0.159. The van der Waals surface area contributed by atoms with Crippen LogP contribution >= 0.6 is 0 Å². The van der Waals surface area contributed by atoms with Gasteiger partial charge in [-0.1, -0.05) is 147 Å². The Balaban J connectivity index is 2.44. The van der Waals surface area contributed by atoms with Crippen LogP contribution in [0, 0.1) is 0 Å². The Bertz CT molecular complexity index is 1250. The highest BCUT2D eigenvalue weighted by Gasteiger charge is 2.46. The van der Waals surface area contributed by atoms with Gasteiger partial charge in [0.2, 0.25) is 0 Å². The smallest absolute Gasteiger partial charge is 0.306 e. The molecule has 1 heterocycles. The summed E-state index contributed by atoms with van der Waals surface area (Å²) in [5.41, 5.74) is 0. The summed E-state index contributed by atoms with van der Waals surface area (Å²) in [6.07, 6.45) is 33.2. The number of hydrogen-bond donors (Lipinski definition) is 4. The summed E-state index contributed by atoms with van der Waals surface area (Å²) in [5.74, 6) is -2.00. The molecule has 0 aliphatic carbocycles. The number of carbonyl (C=O) groups excluding carboxylic acids is 2. The Hall–Kier alpha value is -2.13. The van der Waals surface area contributed by atoms with Crippen molar-refractivity contribution in [3.8, 4) is 0 Å². The number of ether oxygens (including phenoxy) is 4. The van der Waals surface area contributed by atoms with E-state index < -0.39 is 71.2 Å². The first-order valence-corrected chi connectivity index (χ1v) is 25.2. The molecule has 350 valence electrons. The zero-order chi connectivity index (χ0) is 44.1. The summed E-state index contributed by atoms with van der Waals surface area (Å²) in [6, 6.07) is 0. The van der Waals surface area contributed by atoms with Crippen LogP contribution in [0.15, 0.2) is 36.5 Å². The molecule has 1 saturated heterocycles. The monoisotopic (exact) mass is 873 g/mol. The summed E-state index contributed by atoms with van der Waals surface area (Å²) in [7, 11) is -4.60. The molecule has 0 aromatic rings. The van der Waals surface area contributed by atoms with Crippen LogP contribution in [0.5, 0.6) is 0 Å². The van der Waals surface area contributed by atoms with E-state index in [2.05, 4.69) is 50.3 Å². The van der Waals surface area contributed by atoms with Gasteiger partial charge in [-0.2, -0.15) is 8.42 Å². The highest BCUT2D eigenvalue weighted by Crippen LogP contribution is 2.24. The van der Waals surface area contributed by atoms with Gasteiger partial charge in [0.25, 0.3) is 10.1 Å². The second-order valence-electron chi connectivity index (χ2n) is 16.4. The van der Waals surface area contributed by atoms with Crippen molar-refractivity contribution in [2.45, 2.75) is 230 Å². The number of aliphatic hydroxyl groups excluding tert-OH is 3. The van der Waals surface area contributed by atoms with Crippen molar-refractivity contribution in [2.75, 3.05) is 19.0 Å². The van der Waals surface area contributed by atoms with Crippen molar-refractivity contribution >= 4 is 22.1 Å². The molecule has 12 nitrogen and oxygen atoms in total. The Morgan fingerprint density at radius 3 is 1.52 bits per heavy atom. The lowest BCUT2D eigenvalue weighted by Gasteiger charge is -2.40. The first-order chi connectivity index (χ1) is 29.0. The van der Waals surface area contributed by atoms with E-state index in [0.29, 0.717) is 12.8 Å². The van der Waals surface area contributed by atoms with Gasteiger partial charge >= 0.3 is 11.9 Å². The predicted octanol–water partition coefficient (Wildman–Crippen LogP) is 9.78. The average molecular weight is 873 g/mol. The second kappa shape index (κ2) is 37.4. The van der Waals surface area contributed by atoms with E-state index in [-0.39, 0.29) is 19.4 Å². The van der Waals surface area contributed by atoms with Crippen LogP contribution in [-0.2, 0) is 38.7 Å². The molecular formula is C47H84O12S. The van der Waals surface area contributed by atoms with E-state index in [1.54, 1.807) is 0 Å². The standard InChI is InChI=1S/C47H84O12S/c1-3-5-7-9-11-13-15-17-19-20-22-24-26-28-30-32-34-36-43(49)58-40(38-57-47-46(52)45(51)44(50)41(59-47)39-60(53,54)55)37-56-42(48)35-33-31-29-27-25-23-21-18-16-14-12-10-8-6-4-2/h12-15,18,21,40-41,44-47,50-52H,3-11,16-17,19-20,22-39H2,1-2H3,(H,53,54,55)/b14-12+,15-13+,21-18+/t40-,41-,44-,45?,46?,47+/m1/s1. The van der Waals surface area contributed by atoms with Crippen molar-refractivity contribution in [2.24, 2.45) is 0 Å². The van der Waals surface area contributed by atoms with Gasteiger partial charge in [0.15, 0.2) is 12.4 Å². The molecule has 1 fully saturated rings. The lowest BCUT2D eigenvalue weighted by molar-refractivity contribution is -0.297. The molecule has 6 atom stereocenters. The number of hydrogen-bond acceptors (Lipinski definition) is 11.